The van der Waals surface area contributed by atoms with Crippen LogP contribution in [0.5, 0.6) is 0 Å². The van der Waals surface area contributed by atoms with E-state index in [4.69, 9.17) is 0 Å². The van der Waals surface area contributed by atoms with E-state index < -0.39 is 0 Å². The lowest BCUT2D eigenvalue weighted by molar-refractivity contribution is -0.119. The number of benzene rings is 2. The third-order valence-corrected chi connectivity index (χ3v) is 5.13. The fourth-order valence-corrected chi connectivity index (χ4v) is 3.26. The summed E-state index contributed by atoms with van der Waals surface area (Å²) in [5, 5.41) is 2.89. The lowest BCUT2D eigenvalue weighted by Crippen LogP contribution is -2.48. The molecule has 152 valence electrons. The van der Waals surface area contributed by atoms with Crippen molar-refractivity contribution in [3.8, 4) is 0 Å². The number of anilines is 1. The number of piperazine rings is 1. The Labute approximate surface area is 171 Å². The molecule has 6 heteroatoms. The molecule has 1 aliphatic heterocycles. The Kier molecular flexibility index (Phi) is 6.01. The Morgan fingerprint density at radius 3 is 2.14 bits per heavy atom. The van der Waals surface area contributed by atoms with Gasteiger partial charge in [-0.2, -0.15) is 0 Å². The molecule has 0 radical (unpaired) electrons. The largest absolute Gasteiger partial charge is 0.342 e. The zero-order valence-electron chi connectivity index (χ0n) is 17.1. The molecule has 0 aromatic heterocycles. The summed E-state index contributed by atoms with van der Waals surface area (Å²) in [5.74, 6) is -0.381. The average Bonchev–Trinajstić information content (AvgIpc) is 2.73. The van der Waals surface area contributed by atoms with Crippen LogP contribution in [-0.4, -0.2) is 54.2 Å². The van der Waals surface area contributed by atoms with Crippen LogP contribution in [0.4, 0.5) is 5.69 Å². The molecule has 1 heterocycles. The minimum atomic E-state index is -0.256. The Balaban J connectivity index is 1.68. The van der Waals surface area contributed by atoms with Crippen LogP contribution in [0.3, 0.4) is 0 Å². The fraction of sp³-hybridized carbons (Fsp3) is 0.348. The van der Waals surface area contributed by atoms with E-state index in [9.17, 15) is 14.4 Å². The van der Waals surface area contributed by atoms with Crippen molar-refractivity contribution < 1.29 is 14.4 Å². The van der Waals surface area contributed by atoms with Gasteiger partial charge >= 0.3 is 0 Å². The first-order valence-electron chi connectivity index (χ1n) is 9.78. The summed E-state index contributed by atoms with van der Waals surface area (Å²) < 4.78 is 0. The third-order valence-electron chi connectivity index (χ3n) is 5.13. The van der Waals surface area contributed by atoms with Gasteiger partial charge in [0.05, 0.1) is 0 Å². The summed E-state index contributed by atoms with van der Waals surface area (Å²) >= 11 is 0. The topological polar surface area (TPSA) is 69.7 Å². The van der Waals surface area contributed by atoms with Crippen LogP contribution in [0, 0.1) is 0 Å². The molecule has 29 heavy (non-hydrogen) atoms. The van der Waals surface area contributed by atoms with E-state index in [1.807, 2.05) is 24.3 Å². The molecular formula is C23H27N3O3. The van der Waals surface area contributed by atoms with Crippen LogP contribution in [0.1, 0.15) is 47.1 Å². The van der Waals surface area contributed by atoms with E-state index in [1.165, 1.54) is 5.56 Å². The van der Waals surface area contributed by atoms with Gasteiger partial charge in [0.15, 0.2) is 0 Å². The molecular weight excluding hydrogens is 366 g/mol. The molecule has 0 spiro atoms. The van der Waals surface area contributed by atoms with Gasteiger partial charge < -0.3 is 15.1 Å². The second-order valence-electron chi connectivity index (χ2n) is 8.30. The molecule has 2 aromatic rings. The van der Waals surface area contributed by atoms with Crippen LogP contribution >= 0.6 is 0 Å². The van der Waals surface area contributed by atoms with Crippen LogP contribution < -0.4 is 5.32 Å². The van der Waals surface area contributed by atoms with Crippen molar-refractivity contribution in [2.45, 2.75) is 26.2 Å². The maximum atomic E-state index is 12.7. The molecule has 3 rings (SSSR count). The number of rotatable bonds is 4. The Morgan fingerprint density at radius 1 is 0.931 bits per heavy atom. The maximum absolute atomic E-state index is 12.7. The summed E-state index contributed by atoms with van der Waals surface area (Å²) in [6.45, 7) is 8.47. The zero-order chi connectivity index (χ0) is 21.0. The molecule has 1 fully saturated rings. The minimum absolute atomic E-state index is 0.0500. The van der Waals surface area contributed by atoms with Crippen molar-refractivity contribution in [2.24, 2.45) is 0 Å². The molecule has 1 saturated heterocycles. The summed E-state index contributed by atoms with van der Waals surface area (Å²) in [6, 6.07) is 14.5. The smallest absolute Gasteiger partial charge is 0.255 e. The van der Waals surface area contributed by atoms with Gasteiger partial charge in [0, 0.05) is 43.0 Å². The molecule has 0 unspecified atom stereocenters. The molecule has 0 bridgehead atoms. The van der Waals surface area contributed by atoms with E-state index in [1.54, 1.807) is 34.1 Å². The van der Waals surface area contributed by atoms with Gasteiger partial charge in [-0.1, -0.05) is 39.0 Å². The fourth-order valence-electron chi connectivity index (χ4n) is 3.26. The average molecular weight is 393 g/mol. The Bertz CT molecular complexity index is 892. The highest BCUT2D eigenvalue weighted by Gasteiger charge is 2.22. The first-order valence-corrected chi connectivity index (χ1v) is 9.78. The van der Waals surface area contributed by atoms with Gasteiger partial charge in [0.2, 0.25) is 6.41 Å². The summed E-state index contributed by atoms with van der Waals surface area (Å²) in [7, 11) is 0. The van der Waals surface area contributed by atoms with E-state index in [2.05, 4.69) is 26.1 Å². The Morgan fingerprint density at radius 2 is 1.55 bits per heavy atom. The lowest BCUT2D eigenvalue weighted by atomic mass is 9.87. The predicted octanol–water partition coefficient (Wildman–Crippen LogP) is 3.15. The Hall–Kier alpha value is -3.15. The van der Waals surface area contributed by atoms with E-state index in [0.29, 0.717) is 43.0 Å². The standard InChI is InChI=1S/C23H27N3O3/c1-23(2,3)19-7-9-20(10-8-19)24-21(28)17-5-4-6-18(15-17)22(29)26-13-11-25(16-27)12-14-26/h4-10,15-16H,11-14H2,1-3H3,(H,24,28). The van der Waals surface area contributed by atoms with Crippen molar-refractivity contribution >= 4 is 23.9 Å². The maximum Gasteiger partial charge on any atom is 0.255 e. The van der Waals surface area contributed by atoms with Crippen LogP contribution in [-0.2, 0) is 10.2 Å². The van der Waals surface area contributed by atoms with Gasteiger partial charge in [0.1, 0.15) is 0 Å². The molecule has 0 atom stereocenters. The van der Waals surface area contributed by atoms with Gasteiger partial charge in [-0.05, 0) is 41.3 Å². The monoisotopic (exact) mass is 393 g/mol. The van der Waals surface area contributed by atoms with Gasteiger partial charge in [-0.15, -0.1) is 0 Å². The number of amides is 3. The van der Waals surface area contributed by atoms with Crippen LogP contribution in [0.15, 0.2) is 48.5 Å². The van der Waals surface area contributed by atoms with E-state index >= 15 is 0 Å². The number of carbonyl (C=O) groups excluding carboxylic acids is 3. The lowest BCUT2D eigenvalue weighted by Gasteiger charge is -2.32. The van der Waals surface area contributed by atoms with Crippen LogP contribution in [0.2, 0.25) is 0 Å². The third kappa shape index (κ3) is 5.02. The zero-order valence-corrected chi connectivity index (χ0v) is 17.1. The molecule has 1 N–H and O–H groups in total. The van der Waals surface area contributed by atoms with Crippen LogP contribution in [0.25, 0.3) is 0 Å². The molecule has 2 aromatic carbocycles. The number of hydrogen-bond acceptors (Lipinski definition) is 3. The minimum Gasteiger partial charge on any atom is -0.342 e. The molecule has 6 nitrogen and oxygen atoms in total. The molecule has 1 aliphatic rings. The second-order valence-corrected chi connectivity index (χ2v) is 8.30. The molecule has 0 aliphatic carbocycles. The van der Waals surface area contributed by atoms with E-state index in [0.717, 1.165) is 6.41 Å². The highest BCUT2D eigenvalue weighted by Crippen LogP contribution is 2.23. The first kappa shape index (κ1) is 20.6. The number of nitrogens with zero attached hydrogens (tertiary/aromatic N) is 2. The summed E-state index contributed by atoms with van der Waals surface area (Å²) in [4.78, 5) is 39.6. The van der Waals surface area contributed by atoms with Gasteiger partial charge in [-0.25, -0.2) is 0 Å². The highest BCUT2D eigenvalue weighted by atomic mass is 16.2. The van der Waals surface area contributed by atoms with Crippen molar-refractivity contribution in [3.05, 3.63) is 65.2 Å². The normalized spacial score (nSPS) is 14.4. The quantitative estimate of drug-likeness (QED) is 0.812. The highest BCUT2D eigenvalue weighted by molar-refractivity contribution is 6.06. The van der Waals surface area contributed by atoms with E-state index in [-0.39, 0.29) is 17.2 Å². The first-order chi connectivity index (χ1) is 13.8. The number of hydrogen-bond donors (Lipinski definition) is 1. The number of nitrogens with one attached hydrogen (secondary N) is 1. The van der Waals surface area contributed by atoms with Gasteiger partial charge in [0.25, 0.3) is 11.8 Å². The van der Waals surface area contributed by atoms with Crippen molar-refractivity contribution in [3.63, 3.8) is 0 Å². The number of carbonyl (C=O) groups is 3. The summed E-state index contributed by atoms with van der Waals surface area (Å²) in [5.41, 5.74) is 2.86. The predicted molar refractivity (Wildman–Crippen MR) is 113 cm³/mol. The second kappa shape index (κ2) is 8.47. The summed E-state index contributed by atoms with van der Waals surface area (Å²) in [6.07, 6.45) is 0.806. The van der Waals surface area contributed by atoms with Crippen molar-refractivity contribution in [1.29, 1.82) is 0 Å². The SMILES string of the molecule is CC(C)(C)c1ccc(NC(=O)c2cccc(C(=O)N3CCN(C=O)CC3)c2)cc1. The van der Waals surface area contributed by atoms with Crippen molar-refractivity contribution in [1.82, 2.24) is 9.80 Å². The molecule has 0 saturated carbocycles. The molecule has 3 amide bonds. The van der Waals surface area contributed by atoms with Crippen molar-refractivity contribution in [2.75, 3.05) is 31.5 Å². The van der Waals surface area contributed by atoms with Gasteiger partial charge in [-0.3, -0.25) is 14.4 Å².